The Bertz CT molecular complexity index is 584. The van der Waals surface area contributed by atoms with Crippen LogP contribution in [0.15, 0.2) is 53.5 Å². The number of aryl methyl sites for hydroxylation is 1. The zero-order chi connectivity index (χ0) is 16.3. The Balaban J connectivity index is 1.87. The van der Waals surface area contributed by atoms with Gasteiger partial charge < -0.3 is 4.74 Å². The fourth-order valence-electron chi connectivity index (χ4n) is 2.47. The van der Waals surface area contributed by atoms with Crippen LogP contribution in [0.4, 0.5) is 5.69 Å². The molecule has 0 aliphatic heterocycles. The molecule has 0 radical (unpaired) electrons. The molecule has 0 aliphatic rings. The summed E-state index contributed by atoms with van der Waals surface area (Å²) in [6, 6.07) is 16.6. The summed E-state index contributed by atoms with van der Waals surface area (Å²) < 4.78 is 5.44. The molecular formula is C21H27NO. The molecule has 0 heterocycles. The van der Waals surface area contributed by atoms with Crippen LogP contribution in [0.3, 0.4) is 0 Å². The number of hydrogen-bond acceptors (Lipinski definition) is 2. The lowest BCUT2D eigenvalue weighted by Crippen LogP contribution is -1.91. The van der Waals surface area contributed by atoms with Crippen LogP contribution in [0.2, 0.25) is 0 Å². The first-order valence-corrected chi connectivity index (χ1v) is 8.67. The summed E-state index contributed by atoms with van der Waals surface area (Å²) >= 11 is 0. The van der Waals surface area contributed by atoms with E-state index >= 15 is 0 Å². The monoisotopic (exact) mass is 309 g/mol. The Morgan fingerprint density at radius 1 is 0.870 bits per heavy atom. The second kappa shape index (κ2) is 9.83. The average Bonchev–Trinajstić information content (AvgIpc) is 2.59. The van der Waals surface area contributed by atoms with Crippen molar-refractivity contribution in [2.45, 2.75) is 46.0 Å². The van der Waals surface area contributed by atoms with E-state index in [2.05, 4.69) is 36.2 Å². The molecule has 122 valence electrons. The quantitative estimate of drug-likeness (QED) is 0.414. The van der Waals surface area contributed by atoms with E-state index in [1.54, 1.807) is 0 Å². The maximum atomic E-state index is 5.44. The maximum Gasteiger partial charge on any atom is 0.119 e. The Kier molecular flexibility index (Phi) is 7.38. The molecule has 0 saturated heterocycles. The van der Waals surface area contributed by atoms with E-state index in [9.17, 15) is 0 Å². The number of benzene rings is 2. The fraction of sp³-hybridized carbons (Fsp3) is 0.381. The van der Waals surface area contributed by atoms with Crippen molar-refractivity contribution in [3.63, 3.8) is 0 Å². The van der Waals surface area contributed by atoms with E-state index in [-0.39, 0.29) is 0 Å². The third-order valence-corrected chi connectivity index (χ3v) is 3.81. The molecule has 0 atom stereocenters. The highest BCUT2D eigenvalue weighted by molar-refractivity contribution is 5.82. The normalized spacial score (nSPS) is 11.0. The summed E-state index contributed by atoms with van der Waals surface area (Å²) in [5, 5.41) is 0. The molecule has 0 spiro atoms. The van der Waals surface area contributed by atoms with Gasteiger partial charge in [-0.1, -0.05) is 38.3 Å². The lowest BCUT2D eigenvalue weighted by molar-refractivity contribution is 0.340. The minimum atomic E-state index is 0.693. The highest BCUT2D eigenvalue weighted by atomic mass is 16.5. The van der Waals surface area contributed by atoms with Crippen LogP contribution in [0.5, 0.6) is 5.75 Å². The minimum Gasteiger partial charge on any atom is -0.494 e. The zero-order valence-corrected chi connectivity index (χ0v) is 14.3. The molecule has 0 amide bonds. The smallest absolute Gasteiger partial charge is 0.119 e. The third kappa shape index (κ3) is 6.27. The van der Waals surface area contributed by atoms with Gasteiger partial charge in [-0.2, -0.15) is 0 Å². The lowest BCUT2D eigenvalue weighted by atomic mass is 10.1. The number of unbranched alkanes of at least 4 members (excludes halogenated alkanes) is 3. The molecule has 2 rings (SSSR count). The van der Waals surface area contributed by atoms with Gasteiger partial charge >= 0.3 is 0 Å². The number of rotatable bonds is 9. The molecule has 0 fully saturated rings. The van der Waals surface area contributed by atoms with Crippen LogP contribution >= 0.6 is 0 Å². The lowest BCUT2D eigenvalue weighted by Gasteiger charge is -2.03. The topological polar surface area (TPSA) is 21.6 Å². The molecule has 0 aromatic heterocycles. The first-order valence-electron chi connectivity index (χ1n) is 8.67. The van der Waals surface area contributed by atoms with Gasteiger partial charge in [-0.15, -0.1) is 0 Å². The van der Waals surface area contributed by atoms with Gasteiger partial charge in [-0.3, -0.25) is 4.99 Å². The number of ether oxygens (including phenoxy) is 1. The number of hydrogen-bond donors (Lipinski definition) is 0. The van der Waals surface area contributed by atoms with Gasteiger partial charge in [0.05, 0.1) is 12.3 Å². The Morgan fingerprint density at radius 2 is 1.61 bits per heavy atom. The molecule has 2 nitrogen and oxygen atoms in total. The molecule has 2 aromatic rings. The molecule has 23 heavy (non-hydrogen) atoms. The van der Waals surface area contributed by atoms with Crippen LogP contribution in [0.1, 0.15) is 50.7 Å². The number of nitrogens with zero attached hydrogens (tertiary/aromatic N) is 1. The third-order valence-electron chi connectivity index (χ3n) is 3.81. The predicted octanol–water partition coefficient (Wildman–Crippen LogP) is 5.96. The second-order valence-corrected chi connectivity index (χ2v) is 5.74. The van der Waals surface area contributed by atoms with E-state index in [1.165, 1.54) is 37.7 Å². The Morgan fingerprint density at radius 3 is 2.26 bits per heavy atom. The zero-order valence-electron chi connectivity index (χ0n) is 14.3. The van der Waals surface area contributed by atoms with E-state index in [0.717, 1.165) is 17.0 Å². The van der Waals surface area contributed by atoms with E-state index < -0.39 is 0 Å². The van der Waals surface area contributed by atoms with Gasteiger partial charge in [0.25, 0.3) is 0 Å². The van der Waals surface area contributed by atoms with Crippen molar-refractivity contribution in [2.24, 2.45) is 4.99 Å². The van der Waals surface area contributed by atoms with Gasteiger partial charge in [-0.25, -0.2) is 0 Å². The van der Waals surface area contributed by atoms with Gasteiger partial charge in [0, 0.05) is 6.21 Å². The molecule has 0 saturated carbocycles. The molecule has 2 aromatic carbocycles. The minimum absolute atomic E-state index is 0.693. The van der Waals surface area contributed by atoms with E-state index in [1.807, 2.05) is 37.4 Å². The molecule has 0 aliphatic carbocycles. The summed E-state index contributed by atoms with van der Waals surface area (Å²) in [6.07, 6.45) is 8.30. The van der Waals surface area contributed by atoms with Crippen LogP contribution in [-0.4, -0.2) is 12.8 Å². The van der Waals surface area contributed by atoms with Crippen molar-refractivity contribution >= 4 is 11.9 Å². The van der Waals surface area contributed by atoms with Crippen LogP contribution < -0.4 is 4.74 Å². The van der Waals surface area contributed by atoms with Gasteiger partial charge in [0.15, 0.2) is 0 Å². The van der Waals surface area contributed by atoms with Crippen molar-refractivity contribution in [1.82, 2.24) is 0 Å². The Labute approximate surface area is 140 Å². The van der Waals surface area contributed by atoms with Gasteiger partial charge in [0.2, 0.25) is 0 Å². The van der Waals surface area contributed by atoms with Gasteiger partial charge in [-0.05, 0) is 67.3 Å². The van der Waals surface area contributed by atoms with Crippen molar-refractivity contribution < 1.29 is 4.74 Å². The fourth-order valence-corrected chi connectivity index (χ4v) is 2.47. The van der Waals surface area contributed by atoms with Crippen molar-refractivity contribution in [3.8, 4) is 5.75 Å². The summed E-state index contributed by atoms with van der Waals surface area (Å²) in [5.74, 6) is 0.900. The molecule has 0 bridgehead atoms. The highest BCUT2D eigenvalue weighted by Gasteiger charge is 1.95. The maximum absolute atomic E-state index is 5.44. The predicted molar refractivity (Wildman–Crippen MR) is 99.2 cm³/mol. The standard InChI is InChI=1S/C21H27NO/c1-3-5-6-7-8-18-9-13-20(14-10-18)22-17-19-11-15-21(16-12-19)23-4-2/h9-17H,3-8H2,1-2H3. The van der Waals surface area contributed by atoms with Crippen LogP contribution in [0.25, 0.3) is 0 Å². The molecule has 0 N–H and O–H groups in total. The summed E-state index contributed by atoms with van der Waals surface area (Å²) in [7, 11) is 0. The summed E-state index contributed by atoms with van der Waals surface area (Å²) in [5.41, 5.74) is 3.48. The van der Waals surface area contributed by atoms with Crippen molar-refractivity contribution in [2.75, 3.05) is 6.61 Å². The largest absolute Gasteiger partial charge is 0.494 e. The first-order chi connectivity index (χ1) is 11.3. The summed E-state index contributed by atoms with van der Waals surface area (Å²) in [6.45, 7) is 4.93. The second-order valence-electron chi connectivity index (χ2n) is 5.74. The van der Waals surface area contributed by atoms with Crippen LogP contribution in [-0.2, 0) is 6.42 Å². The van der Waals surface area contributed by atoms with Crippen molar-refractivity contribution in [3.05, 3.63) is 59.7 Å². The van der Waals surface area contributed by atoms with Crippen LogP contribution in [0, 0.1) is 0 Å². The molecular weight excluding hydrogens is 282 g/mol. The highest BCUT2D eigenvalue weighted by Crippen LogP contribution is 2.16. The Hall–Kier alpha value is -2.09. The first kappa shape index (κ1) is 17.3. The van der Waals surface area contributed by atoms with Gasteiger partial charge in [0.1, 0.15) is 5.75 Å². The van der Waals surface area contributed by atoms with E-state index in [0.29, 0.717) is 6.61 Å². The van der Waals surface area contributed by atoms with Crippen molar-refractivity contribution in [1.29, 1.82) is 0 Å². The molecule has 0 unspecified atom stereocenters. The number of aliphatic imine (C=N–C) groups is 1. The van der Waals surface area contributed by atoms with E-state index in [4.69, 9.17) is 4.74 Å². The average molecular weight is 309 g/mol. The summed E-state index contributed by atoms with van der Waals surface area (Å²) in [4.78, 5) is 4.54. The molecule has 2 heteroatoms. The SMILES string of the molecule is CCCCCCc1ccc(N=Cc2ccc(OCC)cc2)cc1.